The van der Waals surface area contributed by atoms with E-state index >= 15 is 0 Å². The number of allylic oxidation sites excluding steroid dienone is 1. The fourth-order valence-electron chi connectivity index (χ4n) is 6.38. The van der Waals surface area contributed by atoms with Crippen molar-refractivity contribution in [3.8, 4) is 0 Å². The molecule has 36 heavy (non-hydrogen) atoms. The van der Waals surface area contributed by atoms with Gasteiger partial charge in [-0.25, -0.2) is 0 Å². The van der Waals surface area contributed by atoms with Gasteiger partial charge in [-0.05, 0) is 68.4 Å². The Bertz CT molecular complexity index is 1000. The third-order valence-corrected chi connectivity index (χ3v) is 8.07. The number of aliphatic hydroxyl groups is 3. The number of methoxy groups -OCH3 is 1. The van der Waals surface area contributed by atoms with Crippen molar-refractivity contribution in [1.29, 1.82) is 0 Å². The maximum absolute atomic E-state index is 13.6. The zero-order chi connectivity index (χ0) is 25.8. The highest BCUT2D eigenvalue weighted by Crippen LogP contribution is 2.47. The Morgan fingerprint density at radius 3 is 2.58 bits per heavy atom. The summed E-state index contributed by atoms with van der Waals surface area (Å²) in [5.74, 6) is -0.926. The molecule has 0 bridgehead atoms. The number of amides is 2. The molecule has 2 fully saturated rings. The lowest BCUT2D eigenvalue weighted by Gasteiger charge is -2.36. The largest absolute Gasteiger partial charge is 0.459 e. The number of hydrogen-bond acceptors (Lipinski definition) is 7. The number of rotatable bonds is 10. The Hall–Kier alpha value is -2.26. The van der Waals surface area contributed by atoms with E-state index in [2.05, 4.69) is 0 Å². The van der Waals surface area contributed by atoms with Gasteiger partial charge >= 0.3 is 0 Å². The molecule has 2 heterocycles. The number of imide groups is 1. The average molecular weight is 502 g/mol. The molecule has 8 nitrogen and oxygen atoms in total. The minimum absolute atomic E-state index is 0.0521. The molecule has 0 spiro atoms. The topological polar surface area (TPSA) is 120 Å². The molecule has 3 aliphatic rings. The summed E-state index contributed by atoms with van der Waals surface area (Å²) in [6.07, 6.45) is 7.21. The van der Waals surface area contributed by atoms with Crippen molar-refractivity contribution < 1.29 is 34.1 Å². The third kappa shape index (κ3) is 5.37. The molecule has 1 aromatic rings. The molecule has 8 heteroatoms. The van der Waals surface area contributed by atoms with Gasteiger partial charge in [0.15, 0.2) is 0 Å². The van der Waals surface area contributed by atoms with E-state index in [9.17, 15) is 24.9 Å². The standard InChI is InChI=1S/C28H39NO7/c1-17(12-20-9-10-21(14-30)36-20)8-11-24(32)25-18(16-35-2)13-22-26(23(25)15-31)28(34)29(27(22)33)19-6-4-3-5-7-19/h9-10,12,19,22-24,26,30-32H,3-8,11,13-16H2,1-2H3/b17-12+/t22-,23+,24-,26-/m1/s1. The van der Waals surface area contributed by atoms with Crippen molar-refractivity contribution in [3.63, 3.8) is 0 Å². The molecule has 1 saturated carbocycles. The fourth-order valence-corrected chi connectivity index (χ4v) is 6.38. The van der Waals surface area contributed by atoms with Crippen molar-refractivity contribution in [2.75, 3.05) is 20.3 Å². The summed E-state index contributed by atoms with van der Waals surface area (Å²) in [5.41, 5.74) is 2.46. The van der Waals surface area contributed by atoms with E-state index in [1.807, 2.05) is 13.0 Å². The smallest absolute Gasteiger partial charge is 0.234 e. The predicted molar refractivity (Wildman–Crippen MR) is 133 cm³/mol. The van der Waals surface area contributed by atoms with E-state index in [1.54, 1.807) is 19.2 Å². The second-order valence-electron chi connectivity index (χ2n) is 10.5. The number of carbonyl (C=O) groups is 2. The molecule has 1 saturated heterocycles. The van der Waals surface area contributed by atoms with Crippen LogP contribution >= 0.6 is 0 Å². The molecule has 0 unspecified atom stereocenters. The van der Waals surface area contributed by atoms with Gasteiger partial charge in [-0.3, -0.25) is 14.5 Å². The maximum atomic E-state index is 13.6. The normalized spacial score (nSPS) is 26.6. The van der Waals surface area contributed by atoms with Crippen molar-refractivity contribution in [1.82, 2.24) is 4.90 Å². The Morgan fingerprint density at radius 2 is 1.94 bits per heavy atom. The molecule has 2 aliphatic carbocycles. The van der Waals surface area contributed by atoms with Crippen LogP contribution in [0.3, 0.4) is 0 Å². The van der Waals surface area contributed by atoms with Gasteiger partial charge in [-0.1, -0.05) is 24.8 Å². The average Bonchev–Trinajstić information content (AvgIpc) is 3.44. The highest BCUT2D eigenvalue weighted by Gasteiger charge is 2.56. The van der Waals surface area contributed by atoms with Crippen LogP contribution in [-0.2, 0) is 20.9 Å². The first-order valence-corrected chi connectivity index (χ1v) is 13.1. The number of fused-ring (bicyclic) bond motifs is 1. The van der Waals surface area contributed by atoms with Gasteiger partial charge in [0.05, 0.1) is 31.2 Å². The summed E-state index contributed by atoms with van der Waals surface area (Å²) < 4.78 is 10.9. The minimum Gasteiger partial charge on any atom is -0.459 e. The Balaban J connectivity index is 1.53. The summed E-state index contributed by atoms with van der Waals surface area (Å²) in [4.78, 5) is 28.5. The van der Waals surface area contributed by atoms with Gasteiger partial charge in [0.2, 0.25) is 11.8 Å². The van der Waals surface area contributed by atoms with Crippen LogP contribution in [0.4, 0.5) is 0 Å². The van der Waals surface area contributed by atoms with Gasteiger partial charge in [0.1, 0.15) is 18.1 Å². The molecular formula is C28H39NO7. The molecular weight excluding hydrogens is 462 g/mol. The first-order valence-electron chi connectivity index (χ1n) is 13.1. The number of hydrogen-bond donors (Lipinski definition) is 3. The Morgan fingerprint density at radius 1 is 1.19 bits per heavy atom. The fraction of sp³-hybridized carbons (Fsp3) is 0.643. The highest BCUT2D eigenvalue weighted by molar-refractivity contribution is 6.06. The quantitative estimate of drug-likeness (QED) is 0.333. The van der Waals surface area contributed by atoms with Crippen LogP contribution in [0.2, 0.25) is 0 Å². The van der Waals surface area contributed by atoms with Crippen molar-refractivity contribution in [2.45, 2.75) is 77.0 Å². The number of furan rings is 1. The van der Waals surface area contributed by atoms with E-state index < -0.39 is 23.9 Å². The maximum Gasteiger partial charge on any atom is 0.234 e. The molecule has 4 atom stereocenters. The molecule has 2 amide bonds. The summed E-state index contributed by atoms with van der Waals surface area (Å²) in [7, 11) is 1.57. The highest BCUT2D eigenvalue weighted by atomic mass is 16.5. The molecule has 198 valence electrons. The van der Waals surface area contributed by atoms with Crippen LogP contribution in [0.25, 0.3) is 6.08 Å². The first-order chi connectivity index (χ1) is 17.4. The van der Waals surface area contributed by atoms with E-state index in [0.29, 0.717) is 36.4 Å². The molecule has 1 aliphatic heterocycles. The number of nitrogens with zero attached hydrogens (tertiary/aromatic N) is 1. The van der Waals surface area contributed by atoms with Gasteiger partial charge in [0.25, 0.3) is 0 Å². The van der Waals surface area contributed by atoms with Crippen molar-refractivity contribution in [3.05, 3.63) is 40.4 Å². The Labute approximate surface area is 212 Å². The molecule has 3 N–H and O–H groups in total. The van der Waals surface area contributed by atoms with Gasteiger partial charge in [-0.2, -0.15) is 0 Å². The lowest BCUT2D eigenvalue weighted by molar-refractivity contribution is -0.143. The Kier molecular flexibility index (Phi) is 8.83. The molecule has 0 aromatic carbocycles. The summed E-state index contributed by atoms with van der Waals surface area (Å²) in [5, 5.41) is 30.9. The van der Waals surface area contributed by atoms with Crippen LogP contribution in [0.15, 0.2) is 33.3 Å². The van der Waals surface area contributed by atoms with E-state index in [4.69, 9.17) is 9.15 Å². The van der Waals surface area contributed by atoms with E-state index in [-0.39, 0.29) is 37.7 Å². The SMILES string of the molecule is COCC1=C([C@H](O)CC/C(C)=C/c2ccc(CO)o2)[C@H](CO)[C@@H]2C(=O)N(C3CCCCC3)C(=O)[C@@H]2C1. The second-order valence-corrected chi connectivity index (χ2v) is 10.5. The second kappa shape index (κ2) is 11.9. The lowest BCUT2D eigenvalue weighted by Crippen LogP contribution is -2.42. The van der Waals surface area contributed by atoms with Crippen LogP contribution in [-0.4, -0.2) is 64.5 Å². The monoisotopic (exact) mass is 501 g/mol. The van der Waals surface area contributed by atoms with Crippen molar-refractivity contribution in [2.24, 2.45) is 17.8 Å². The van der Waals surface area contributed by atoms with E-state index in [1.165, 1.54) is 4.90 Å². The minimum atomic E-state index is -0.868. The van der Waals surface area contributed by atoms with Crippen LogP contribution < -0.4 is 0 Å². The molecule has 4 rings (SSSR count). The third-order valence-electron chi connectivity index (χ3n) is 8.07. The lowest BCUT2D eigenvalue weighted by atomic mass is 9.68. The van der Waals surface area contributed by atoms with Gasteiger partial charge < -0.3 is 24.5 Å². The van der Waals surface area contributed by atoms with Crippen LogP contribution in [0, 0.1) is 17.8 Å². The summed E-state index contributed by atoms with van der Waals surface area (Å²) >= 11 is 0. The van der Waals surface area contributed by atoms with Crippen molar-refractivity contribution >= 4 is 17.9 Å². The summed E-state index contributed by atoms with van der Waals surface area (Å²) in [6, 6.07) is 3.45. The molecule has 1 aromatic heterocycles. The first kappa shape index (κ1) is 26.8. The summed E-state index contributed by atoms with van der Waals surface area (Å²) in [6.45, 7) is 1.73. The zero-order valence-electron chi connectivity index (χ0n) is 21.3. The van der Waals surface area contributed by atoms with Crippen LogP contribution in [0.5, 0.6) is 0 Å². The number of aliphatic hydroxyl groups excluding tert-OH is 3. The number of likely N-dealkylation sites (tertiary alicyclic amines) is 1. The van der Waals surface area contributed by atoms with Crippen LogP contribution in [0.1, 0.15) is 69.8 Å². The zero-order valence-corrected chi connectivity index (χ0v) is 21.3. The number of ether oxygens (including phenoxy) is 1. The van der Waals surface area contributed by atoms with Gasteiger partial charge in [0, 0.05) is 19.1 Å². The predicted octanol–water partition coefficient (Wildman–Crippen LogP) is 3.21. The van der Waals surface area contributed by atoms with Gasteiger partial charge in [-0.15, -0.1) is 0 Å². The van der Waals surface area contributed by atoms with E-state index in [0.717, 1.165) is 43.3 Å². The number of carbonyl (C=O) groups excluding carboxylic acids is 2. The molecule has 0 radical (unpaired) electrons.